The molecule has 106 valence electrons. The predicted molar refractivity (Wildman–Crippen MR) is 74.9 cm³/mol. The van der Waals surface area contributed by atoms with Crippen LogP contribution in [0.5, 0.6) is 0 Å². The second-order valence-corrected chi connectivity index (χ2v) is 7.55. The fourth-order valence-corrected chi connectivity index (χ4v) is 4.29. The number of hydrogen-bond acceptors (Lipinski definition) is 4. The van der Waals surface area contributed by atoms with Crippen LogP contribution < -0.4 is 5.73 Å². The quantitative estimate of drug-likeness (QED) is 0.811. The molecule has 1 fully saturated rings. The van der Waals surface area contributed by atoms with Crippen molar-refractivity contribution in [2.45, 2.75) is 23.8 Å². The van der Waals surface area contributed by atoms with Gasteiger partial charge in [0.2, 0.25) is 10.0 Å². The molecule has 0 bridgehead atoms. The number of benzene rings is 1. The zero-order valence-corrected chi connectivity index (χ0v) is 12.6. The molecule has 1 heterocycles. The van der Waals surface area contributed by atoms with Gasteiger partial charge in [-0.2, -0.15) is 4.31 Å². The molecule has 3 N–H and O–H groups in total. The number of nitrogens with zero attached hydrogens (tertiary/aromatic N) is 1. The van der Waals surface area contributed by atoms with E-state index in [0.717, 1.165) is 0 Å². The van der Waals surface area contributed by atoms with Crippen molar-refractivity contribution in [1.82, 2.24) is 4.31 Å². The Bertz CT molecular complexity index is 617. The molecule has 1 aromatic rings. The average Bonchev–Trinajstić information content (AvgIpc) is 2.67. The van der Waals surface area contributed by atoms with Crippen molar-refractivity contribution in [2.24, 2.45) is 0 Å². The third-order valence-electron chi connectivity index (χ3n) is 3.13. The summed E-state index contributed by atoms with van der Waals surface area (Å²) in [6.07, 6.45) is 0.382. The highest BCUT2D eigenvalue weighted by molar-refractivity contribution is 7.89. The summed E-state index contributed by atoms with van der Waals surface area (Å²) in [6.45, 7) is 1.88. The predicted octanol–water partition coefficient (Wildman–Crippen LogP) is 1.72. The van der Waals surface area contributed by atoms with E-state index in [2.05, 4.69) is 0 Å². The van der Waals surface area contributed by atoms with Crippen LogP contribution in [-0.4, -0.2) is 36.5 Å². The normalized spacial score (nSPS) is 24.8. The Hall–Kier alpha value is -0.530. The molecule has 0 radical (unpaired) electrons. The Morgan fingerprint density at radius 1 is 1.42 bits per heavy atom. The van der Waals surface area contributed by atoms with Gasteiger partial charge in [0.05, 0.1) is 21.3 Å². The topological polar surface area (TPSA) is 83.6 Å². The molecule has 2 rings (SSSR count). The summed E-state index contributed by atoms with van der Waals surface area (Å²) >= 11 is 11.7. The van der Waals surface area contributed by atoms with Gasteiger partial charge in [-0.1, -0.05) is 23.2 Å². The number of nitrogens with two attached hydrogens (primary N) is 1. The van der Waals surface area contributed by atoms with Crippen LogP contribution in [0.25, 0.3) is 0 Å². The van der Waals surface area contributed by atoms with E-state index in [1.807, 2.05) is 0 Å². The number of sulfonamides is 1. The van der Waals surface area contributed by atoms with E-state index in [9.17, 15) is 13.5 Å². The number of rotatable bonds is 2. The number of β-amino-alcohol motifs (C(OH)–C–C–N with tert-alkyl or cyclic N) is 1. The molecule has 0 saturated carbocycles. The minimum absolute atomic E-state index is 0.0359. The lowest BCUT2D eigenvalue weighted by Crippen LogP contribution is -2.34. The van der Waals surface area contributed by atoms with Crippen molar-refractivity contribution in [3.8, 4) is 0 Å². The minimum Gasteiger partial charge on any atom is -0.396 e. The largest absolute Gasteiger partial charge is 0.396 e. The maximum absolute atomic E-state index is 12.4. The first kappa shape index (κ1) is 14.9. The van der Waals surface area contributed by atoms with Gasteiger partial charge in [0, 0.05) is 13.1 Å². The van der Waals surface area contributed by atoms with E-state index in [1.165, 1.54) is 16.4 Å². The molecule has 0 amide bonds. The van der Waals surface area contributed by atoms with Gasteiger partial charge >= 0.3 is 0 Å². The summed E-state index contributed by atoms with van der Waals surface area (Å²) in [6, 6.07) is 2.72. The van der Waals surface area contributed by atoms with Crippen molar-refractivity contribution in [2.75, 3.05) is 18.8 Å². The van der Waals surface area contributed by atoms with Gasteiger partial charge in [0.15, 0.2) is 0 Å². The molecule has 1 atom stereocenters. The number of aliphatic hydroxyl groups is 1. The van der Waals surface area contributed by atoms with Gasteiger partial charge in [-0.05, 0) is 25.5 Å². The zero-order valence-electron chi connectivity index (χ0n) is 10.2. The van der Waals surface area contributed by atoms with E-state index >= 15 is 0 Å². The van der Waals surface area contributed by atoms with E-state index in [-0.39, 0.29) is 33.7 Å². The van der Waals surface area contributed by atoms with Gasteiger partial charge in [-0.15, -0.1) is 0 Å². The summed E-state index contributed by atoms with van der Waals surface area (Å²) in [5, 5.41) is 9.98. The average molecular weight is 325 g/mol. The lowest BCUT2D eigenvalue weighted by Gasteiger charge is -2.20. The molecule has 0 aromatic heterocycles. The molecule has 0 spiro atoms. The summed E-state index contributed by atoms with van der Waals surface area (Å²) in [4.78, 5) is -0.0891. The molecule has 8 heteroatoms. The van der Waals surface area contributed by atoms with Crippen LogP contribution in [0.15, 0.2) is 17.0 Å². The molecule has 1 unspecified atom stereocenters. The van der Waals surface area contributed by atoms with E-state index < -0.39 is 15.6 Å². The zero-order chi connectivity index (χ0) is 14.4. The van der Waals surface area contributed by atoms with Gasteiger partial charge in [-0.25, -0.2) is 8.42 Å². The van der Waals surface area contributed by atoms with Crippen molar-refractivity contribution >= 4 is 38.9 Å². The molecule has 1 aromatic carbocycles. The monoisotopic (exact) mass is 324 g/mol. The Labute approximate surface area is 122 Å². The lowest BCUT2D eigenvalue weighted by atomic mass is 10.1. The molecule has 19 heavy (non-hydrogen) atoms. The standard InChI is InChI=1S/C11H14Cl2N2O3S/c1-11(16)4-5-15(6-11)19(17,18)8-3-2-7(12)10(14)9(8)13/h2-3,16H,4-6,14H2,1H3. The van der Waals surface area contributed by atoms with Crippen molar-refractivity contribution in [3.05, 3.63) is 22.2 Å². The Morgan fingerprint density at radius 3 is 2.58 bits per heavy atom. The molecule has 1 aliphatic heterocycles. The molecule has 1 aliphatic rings. The van der Waals surface area contributed by atoms with Crippen LogP contribution in [0.3, 0.4) is 0 Å². The van der Waals surface area contributed by atoms with Gasteiger partial charge < -0.3 is 10.8 Å². The summed E-state index contributed by atoms with van der Waals surface area (Å²) in [5.74, 6) is 0. The van der Waals surface area contributed by atoms with E-state index in [4.69, 9.17) is 28.9 Å². The van der Waals surface area contributed by atoms with Gasteiger partial charge in [-0.3, -0.25) is 0 Å². The van der Waals surface area contributed by atoms with Crippen LogP contribution in [-0.2, 0) is 10.0 Å². The molecule has 0 aliphatic carbocycles. The van der Waals surface area contributed by atoms with Crippen LogP contribution >= 0.6 is 23.2 Å². The fourth-order valence-electron chi connectivity index (χ4n) is 2.00. The van der Waals surface area contributed by atoms with E-state index in [1.54, 1.807) is 6.92 Å². The Morgan fingerprint density at radius 2 is 2.05 bits per heavy atom. The third kappa shape index (κ3) is 2.68. The SMILES string of the molecule is CC1(O)CCN(S(=O)(=O)c2ccc(Cl)c(N)c2Cl)C1. The Balaban J connectivity index is 2.44. The molecule has 5 nitrogen and oxygen atoms in total. The highest BCUT2D eigenvalue weighted by Gasteiger charge is 2.39. The van der Waals surface area contributed by atoms with Crippen molar-refractivity contribution < 1.29 is 13.5 Å². The van der Waals surface area contributed by atoms with Crippen molar-refractivity contribution in [1.29, 1.82) is 0 Å². The molecular formula is C11H14Cl2N2O3S. The first-order valence-corrected chi connectivity index (χ1v) is 7.81. The first-order chi connectivity index (χ1) is 8.65. The highest BCUT2D eigenvalue weighted by atomic mass is 35.5. The number of hydrogen-bond donors (Lipinski definition) is 2. The molecular weight excluding hydrogens is 311 g/mol. The second-order valence-electron chi connectivity index (χ2n) is 4.86. The van der Waals surface area contributed by atoms with Crippen LogP contribution in [0.1, 0.15) is 13.3 Å². The lowest BCUT2D eigenvalue weighted by molar-refractivity contribution is 0.0762. The van der Waals surface area contributed by atoms with Crippen molar-refractivity contribution in [3.63, 3.8) is 0 Å². The Kier molecular flexibility index (Phi) is 3.75. The maximum Gasteiger partial charge on any atom is 0.244 e. The minimum atomic E-state index is -3.78. The molecule has 1 saturated heterocycles. The maximum atomic E-state index is 12.4. The van der Waals surface area contributed by atoms with E-state index in [0.29, 0.717) is 6.42 Å². The highest BCUT2D eigenvalue weighted by Crippen LogP contribution is 2.36. The van der Waals surface area contributed by atoms with Crippen LogP contribution in [0, 0.1) is 0 Å². The summed E-state index contributed by atoms with van der Waals surface area (Å²) in [5.41, 5.74) is 4.66. The van der Waals surface area contributed by atoms with Crippen LogP contribution in [0.2, 0.25) is 10.0 Å². The third-order valence-corrected chi connectivity index (χ3v) is 5.86. The summed E-state index contributed by atoms with van der Waals surface area (Å²) < 4.78 is 26.1. The summed E-state index contributed by atoms with van der Waals surface area (Å²) in [7, 11) is -3.78. The second kappa shape index (κ2) is 4.79. The number of halogens is 2. The van der Waals surface area contributed by atoms with Crippen LogP contribution in [0.4, 0.5) is 5.69 Å². The van der Waals surface area contributed by atoms with Gasteiger partial charge in [0.25, 0.3) is 0 Å². The number of anilines is 1. The van der Waals surface area contributed by atoms with Gasteiger partial charge in [0.1, 0.15) is 4.90 Å². The number of nitrogen functional groups attached to an aromatic ring is 1. The smallest absolute Gasteiger partial charge is 0.244 e. The first-order valence-electron chi connectivity index (χ1n) is 5.61. The fraction of sp³-hybridized carbons (Fsp3) is 0.455.